The van der Waals surface area contributed by atoms with Crippen LogP contribution < -0.4 is 10.6 Å². The van der Waals surface area contributed by atoms with Gasteiger partial charge >= 0.3 is 0 Å². The lowest BCUT2D eigenvalue weighted by molar-refractivity contribution is -0.115. The van der Waals surface area contributed by atoms with E-state index in [2.05, 4.69) is 26.6 Å². The van der Waals surface area contributed by atoms with Gasteiger partial charge in [-0.15, -0.1) is 0 Å². The van der Waals surface area contributed by atoms with Crippen LogP contribution in [0.4, 0.5) is 5.69 Å². The van der Waals surface area contributed by atoms with Gasteiger partial charge in [-0.1, -0.05) is 41.3 Å². The maximum atomic E-state index is 11.9. The second kappa shape index (κ2) is 7.79. The number of amides is 1. The summed E-state index contributed by atoms with van der Waals surface area (Å²) in [6.45, 7) is 3.38. The van der Waals surface area contributed by atoms with Crippen molar-refractivity contribution in [2.45, 2.75) is 39.0 Å². The first-order valence-corrected chi connectivity index (χ1v) is 8.21. The SMILES string of the molecule is Cc1ccc(NC(=O)CNCC2CCCCC2)cc1Br. The third-order valence-electron chi connectivity index (χ3n) is 3.90. The molecule has 1 aromatic carbocycles. The molecule has 110 valence electrons. The molecule has 0 unspecified atom stereocenters. The van der Waals surface area contributed by atoms with Gasteiger partial charge < -0.3 is 10.6 Å². The Bertz CT molecular complexity index is 456. The number of carbonyl (C=O) groups is 1. The van der Waals surface area contributed by atoms with Gasteiger partial charge in [0.05, 0.1) is 6.54 Å². The highest BCUT2D eigenvalue weighted by molar-refractivity contribution is 9.10. The van der Waals surface area contributed by atoms with Gasteiger partial charge in [-0.3, -0.25) is 4.79 Å². The molecule has 3 nitrogen and oxygen atoms in total. The van der Waals surface area contributed by atoms with Crippen molar-refractivity contribution in [3.05, 3.63) is 28.2 Å². The number of carbonyl (C=O) groups excluding carboxylic acids is 1. The summed E-state index contributed by atoms with van der Waals surface area (Å²) in [5.74, 6) is 0.779. The summed E-state index contributed by atoms with van der Waals surface area (Å²) >= 11 is 3.47. The highest BCUT2D eigenvalue weighted by Gasteiger charge is 2.13. The monoisotopic (exact) mass is 338 g/mol. The van der Waals surface area contributed by atoms with E-state index in [0.717, 1.165) is 22.6 Å². The van der Waals surface area contributed by atoms with Crippen molar-refractivity contribution in [3.8, 4) is 0 Å². The van der Waals surface area contributed by atoms with Gasteiger partial charge in [0.1, 0.15) is 0 Å². The second-order valence-corrected chi connectivity index (χ2v) is 6.50. The molecule has 2 N–H and O–H groups in total. The zero-order valence-electron chi connectivity index (χ0n) is 12.0. The van der Waals surface area contributed by atoms with Gasteiger partial charge in [-0.05, 0) is 49.9 Å². The van der Waals surface area contributed by atoms with Crippen LogP contribution in [0.3, 0.4) is 0 Å². The molecule has 0 aliphatic heterocycles. The van der Waals surface area contributed by atoms with Gasteiger partial charge in [0.15, 0.2) is 0 Å². The van der Waals surface area contributed by atoms with Crippen LogP contribution in [0.15, 0.2) is 22.7 Å². The molecule has 0 heterocycles. The van der Waals surface area contributed by atoms with Crippen molar-refractivity contribution < 1.29 is 4.79 Å². The first-order chi connectivity index (χ1) is 9.65. The molecule has 0 atom stereocenters. The molecule has 1 fully saturated rings. The Morgan fingerprint density at radius 1 is 1.30 bits per heavy atom. The highest BCUT2D eigenvalue weighted by atomic mass is 79.9. The number of benzene rings is 1. The first kappa shape index (κ1) is 15.5. The summed E-state index contributed by atoms with van der Waals surface area (Å²) in [4.78, 5) is 11.9. The van der Waals surface area contributed by atoms with Crippen molar-refractivity contribution in [1.82, 2.24) is 5.32 Å². The number of halogens is 1. The van der Waals surface area contributed by atoms with E-state index in [1.54, 1.807) is 0 Å². The average Bonchev–Trinajstić information content (AvgIpc) is 2.44. The Hall–Kier alpha value is -0.870. The number of anilines is 1. The minimum absolute atomic E-state index is 0.0246. The minimum Gasteiger partial charge on any atom is -0.325 e. The fourth-order valence-electron chi connectivity index (χ4n) is 2.66. The fourth-order valence-corrected chi connectivity index (χ4v) is 3.04. The first-order valence-electron chi connectivity index (χ1n) is 7.42. The Balaban J connectivity index is 1.70. The van der Waals surface area contributed by atoms with Crippen LogP contribution in [0.2, 0.25) is 0 Å². The van der Waals surface area contributed by atoms with Crippen LogP contribution in [0.25, 0.3) is 0 Å². The summed E-state index contributed by atoms with van der Waals surface area (Å²) in [5.41, 5.74) is 2.00. The third kappa shape index (κ3) is 4.91. The second-order valence-electron chi connectivity index (χ2n) is 5.65. The number of rotatable bonds is 5. The van der Waals surface area contributed by atoms with Gasteiger partial charge in [-0.25, -0.2) is 0 Å². The fraction of sp³-hybridized carbons (Fsp3) is 0.562. The number of aryl methyl sites for hydroxylation is 1. The van der Waals surface area contributed by atoms with E-state index in [0.29, 0.717) is 6.54 Å². The van der Waals surface area contributed by atoms with Crippen molar-refractivity contribution in [1.29, 1.82) is 0 Å². The van der Waals surface area contributed by atoms with Crippen molar-refractivity contribution in [3.63, 3.8) is 0 Å². The summed E-state index contributed by atoms with van der Waals surface area (Å²) < 4.78 is 1.02. The Labute approximate surface area is 129 Å². The van der Waals surface area contributed by atoms with E-state index < -0.39 is 0 Å². The van der Waals surface area contributed by atoms with Crippen LogP contribution in [0.5, 0.6) is 0 Å². The molecule has 1 aliphatic rings. The molecule has 1 aromatic rings. The van der Waals surface area contributed by atoms with Crippen molar-refractivity contribution in [2.75, 3.05) is 18.4 Å². The summed E-state index contributed by atoms with van der Waals surface area (Å²) in [7, 11) is 0. The van der Waals surface area contributed by atoms with E-state index in [4.69, 9.17) is 0 Å². The number of nitrogens with one attached hydrogen (secondary N) is 2. The summed E-state index contributed by atoms with van der Waals surface area (Å²) in [6.07, 6.45) is 6.67. The van der Waals surface area contributed by atoms with E-state index in [1.165, 1.54) is 37.7 Å². The largest absolute Gasteiger partial charge is 0.325 e. The molecule has 20 heavy (non-hydrogen) atoms. The topological polar surface area (TPSA) is 41.1 Å². The van der Waals surface area contributed by atoms with Crippen molar-refractivity contribution in [2.24, 2.45) is 5.92 Å². The van der Waals surface area contributed by atoms with Gasteiger partial charge in [0, 0.05) is 10.2 Å². The predicted molar refractivity (Wildman–Crippen MR) is 87.0 cm³/mol. The molecule has 0 aromatic heterocycles. The summed E-state index contributed by atoms with van der Waals surface area (Å²) in [6, 6.07) is 5.86. The van der Waals surface area contributed by atoms with Crippen LogP contribution in [0.1, 0.15) is 37.7 Å². The Kier molecular flexibility index (Phi) is 6.05. The molecule has 1 aliphatic carbocycles. The molecule has 0 spiro atoms. The van der Waals surface area contributed by atoms with Crippen molar-refractivity contribution >= 4 is 27.5 Å². The lowest BCUT2D eigenvalue weighted by atomic mass is 9.89. The number of hydrogen-bond donors (Lipinski definition) is 2. The van der Waals surface area contributed by atoms with E-state index >= 15 is 0 Å². The predicted octanol–water partition coefficient (Wildman–Crippen LogP) is 3.87. The molecule has 1 amide bonds. The smallest absolute Gasteiger partial charge is 0.238 e. The van der Waals surface area contributed by atoms with Gasteiger partial charge in [0.2, 0.25) is 5.91 Å². The van der Waals surface area contributed by atoms with Crippen LogP contribution in [0, 0.1) is 12.8 Å². The van der Waals surface area contributed by atoms with Gasteiger partial charge in [0.25, 0.3) is 0 Å². The maximum absolute atomic E-state index is 11.9. The third-order valence-corrected chi connectivity index (χ3v) is 4.75. The molecular weight excluding hydrogens is 316 g/mol. The number of hydrogen-bond acceptors (Lipinski definition) is 2. The zero-order valence-corrected chi connectivity index (χ0v) is 13.6. The maximum Gasteiger partial charge on any atom is 0.238 e. The standard InChI is InChI=1S/C16H23BrN2O/c1-12-7-8-14(9-15(12)17)19-16(20)11-18-10-13-5-3-2-4-6-13/h7-9,13,18H,2-6,10-11H2,1H3,(H,19,20). The molecular formula is C16H23BrN2O. The lowest BCUT2D eigenvalue weighted by Gasteiger charge is -2.21. The molecule has 0 radical (unpaired) electrons. The van der Waals surface area contributed by atoms with Gasteiger partial charge in [-0.2, -0.15) is 0 Å². The van der Waals surface area contributed by atoms with Crippen LogP contribution in [-0.4, -0.2) is 19.0 Å². The Morgan fingerprint density at radius 2 is 2.05 bits per heavy atom. The van der Waals surface area contributed by atoms with E-state index in [1.807, 2.05) is 25.1 Å². The quantitative estimate of drug-likeness (QED) is 0.855. The van der Waals surface area contributed by atoms with Crippen LogP contribution in [-0.2, 0) is 4.79 Å². The molecule has 2 rings (SSSR count). The highest BCUT2D eigenvalue weighted by Crippen LogP contribution is 2.23. The molecule has 4 heteroatoms. The summed E-state index contributed by atoms with van der Waals surface area (Å²) in [5, 5.41) is 6.19. The minimum atomic E-state index is 0.0246. The lowest BCUT2D eigenvalue weighted by Crippen LogP contribution is -2.32. The Morgan fingerprint density at radius 3 is 2.75 bits per heavy atom. The molecule has 0 bridgehead atoms. The van der Waals surface area contributed by atoms with Crippen LogP contribution >= 0.6 is 15.9 Å². The molecule has 0 saturated heterocycles. The van der Waals surface area contributed by atoms with E-state index in [-0.39, 0.29) is 5.91 Å². The normalized spacial score (nSPS) is 16.1. The molecule has 1 saturated carbocycles. The zero-order chi connectivity index (χ0) is 14.4. The average molecular weight is 339 g/mol. The van der Waals surface area contributed by atoms with E-state index in [9.17, 15) is 4.79 Å².